The molecular weight excluding hydrogens is 644 g/mol. The van der Waals surface area contributed by atoms with Crippen molar-refractivity contribution in [2.75, 3.05) is 4.90 Å². The third kappa shape index (κ3) is 4.12. The van der Waals surface area contributed by atoms with E-state index in [-0.39, 0.29) is 0 Å². The van der Waals surface area contributed by atoms with Gasteiger partial charge in [0.05, 0.1) is 0 Å². The molecule has 0 bridgehead atoms. The van der Waals surface area contributed by atoms with E-state index >= 15 is 0 Å². The van der Waals surface area contributed by atoms with Crippen molar-refractivity contribution < 1.29 is 0 Å². The average molecular weight is 673 g/mol. The predicted molar refractivity (Wildman–Crippen MR) is 197 cm³/mol. The number of benzene rings is 6. The second-order valence-corrected chi connectivity index (χ2v) is 17.8. The third-order valence-electron chi connectivity index (χ3n) is 9.03. The fourth-order valence-corrected chi connectivity index (χ4v) is 11.7. The first-order valence-electron chi connectivity index (χ1n) is 15.4. The van der Waals surface area contributed by atoms with Gasteiger partial charge >= 0.3 is 246 Å². The van der Waals surface area contributed by atoms with Crippen LogP contribution in [-0.4, -0.2) is 24.6 Å². The van der Waals surface area contributed by atoms with Gasteiger partial charge in [-0.05, 0) is 0 Å². The second-order valence-electron chi connectivity index (χ2n) is 11.6. The van der Waals surface area contributed by atoms with E-state index in [9.17, 15) is 0 Å². The first-order chi connectivity index (χ1) is 22.7. The van der Waals surface area contributed by atoms with Gasteiger partial charge in [-0.1, -0.05) is 30.3 Å². The summed E-state index contributed by atoms with van der Waals surface area (Å²) in [6, 6.07) is 58.8. The van der Waals surface area contributed by atoms with E-state index in [1.165, 1.54) is 43.4 Å². The van der Waals surface area contributed by atoms with Crippen LogP contribution in [0.2, 0.25) is 0 Å². The zero-order valence-electron chi connectivity index (χ0n) is 24.9. The van der Waals surface area contributed by atoms with Crippen molar-refractivity contribution in [3.63, 3.8) is 0 Å². The van der Waals surface area contributed by atoms with E-state index in [2.05, 4.69) is 195 Å². The zero-order valence-corrected chi connectivity index (χ0v) is 27.5. The Morgan fingerprint density at radius 2 is 1.15 bits per heavy atom. The first kappa shape index (κ1) is 27.3. The summed E-state index contributed by atoms with van der Waals surface area (Å²) in [5.74, 6) is 0. The van der Waals surface area contributed by atoms with Crippen molar-refractivity contribution in [1.29, 1.82) is 0 Å². The van der Waals surface area contributed by atoms with Crippen molar-refractivity contribution in [2.45, 2.75) is 0 Å². The summed E-state index contributed by atoms with van der Waals surface area (Å²) in [5, 5.41) is 6.34. The fraction of sp³-hybridized carbons (Fsp3) is 0. The van der Waals surface area contributed by atoms with E-state index in [1.54, 1.807) is 0 Å². The zero-order chi connectivity index (χ0) is 30.7. The summed E-state index contributed by atoms with van der Waals surface area (Å²) in [7, 11) is 0. The van der Waals surface area contributed by atoms with Gasteiger partial charge in [0.2, 0.25) is 0 Å². The van der Waals surface area contributed by atoms with E-state index in [0.29, 0.717) is 0 Å². The molecule has 8 aromatic rings. The number of pyridine rings is 1. The van der Waals surface area contributed by atoms with Gasteiger partial charge in [0.1, 0.15) is 0 Å². The molecule has 2 aromatic heterocycles. The molecule has 3 heterocycles. The number of aromatic nitrogens is 2. The molecule has 1 aliphatic heterocycles. The topological polar surface area (TPSA) is 21.1 Å². The Morgan fingerprint density at radius 3 is 1.85 bits per heavy atom. The van der Waals surface area contributed by atoms with Crippen LogP contribution < -0.4 is 20.8 Å². The minimum atomic E-state index is -1.98. The molecule has 9 rings (SSSR count). The molecule has 46 heavy (non-hydrogen) atoms. The molecule has 6 aromatic carbocycles. The second kappa shape index (κ2) is 10.8. The van der Waals surface area contributed by atoms with E-state index in [0.717, 1.165) is 28.3 Å². The maximum absolute atomic E-state index is 5.12. The van der Waals surface area contributed by atoms with E-state index < -0.39 is 5.51 Å². The predicted octanol–water partition coefficient (Wildman–Crippen LogP) is 9.01. The van der Waals surface area contributed by atoms with Crippen LogP contribution in [-0.2, 0) is 0 Å². The maximum atomic E-state index is 5.12. The van der Waals surface area contributed by atoms with Crippen LogP contribution in [0.3, 0.4) is 0 Å². The molecule has 5 heteroatoms. The Balaban J connectivity index is 1.22. The van der Waals surface area contributed by atoms with Crippen LogP contribution in [0.5, 0.6) is 0 Å². The van der Waals surface area contributed by atoms with Gasteiger partial charge in [0, 0.05) is 0 Å². The molecule has 0 atom stereocenters. The average Bonchev–Trinajstić information content (AvgIpc) is 3.48. The number of nitrogens with zero attached hydrogens (tertiary/aromatic N) is 3. The summed E-state index contributed by atoms with van der Waals surface area (Å²) >= 11 is 3.66. The van der Waals surface area contributed by atoms with Gasteiger partial charge in [-0.2, -0.15) is 0 Å². The number of hydrogen-bond acceptors (Lipinski definition) is 2. The number of anilines is 3. The number of rotatable bonds is 5. The molecule has 0 saturated heterocycles. The summed E-state index contributed by atoms with van der Waals surface area (Å²) in [4.78, 5) is 7.52. The Morgan fingerprint density at radius 1 is 0.500 bits per heavy atom. The first-order valence-corrected chi connectivity index (χ1v) is 19.4. The van der Waals surface area contributed by atoms with Crippen LogP contribution in [0, 0.1) is 0 Å². The van der Waals surface area contributed by atoms with Gasteiger partial charge in [-0.15, -0.1) is 0 Å². The Labute approximate surface area is 275 Å². The molecular formula is C41H28N3PSe. The van der Waals surface area contributed by atoms with Crippen LogP contribution in [0.4, 0.5) is 17.1 Å². The van der Waals surface area contributed by atoms with Crippen molar-refractivity contribution in [2.24, 2.45) is 0 Å². The van der Waals surface area contributed by atoms with Crippen molar-refractivity contribution in [3.05, 3.63) is 170 Å². The molecule has 1 aliphatic rings. The SMILES string of the molecule is [Se]=P(c1ccccc1)(c1ccccc1)c1ccc(-c2ccc3c(c2)N(c2ccccc2)c2cccc4c5ccccc5n-3c24)nc1. The Bertz CT molecular complexity index is 2390. The standard InChI is InChI=1S/C41H28N3PSe/c46-45(31-15-6-2-7-16-31,32-17-8-3-9-18-32)33-24-25-36(42-28-33)29-23-26-38-40(27-29)43(30-13-4-1-5-14-30)39-22-12-20-35-34-19-10-11-21-37(34)44(38)41(35)39/h1-28H. The third-order valence-corrected chi connectivity index (χ3v) is 16.1. The number of para-hydroxylation sites is 3. The molecule has 218 valence electrons. The minimum absolute atomic E-state index is 0.952. The van der Waals surface area contributed by atoms with Crippen LogP contribution >= 0.6 is 5.51 Å². The van der Waals surface area contributed by atoms with Gasteiger partial charge < -0.3 is 0 Å². The molecule has 0 fully saturated rings. The summed E-state index contributed by atoms with van der Waals surface area (Å²) in [6.45, 7) is 0. The van der Waals surface area contributed by atoms with E-state index in [1.807, 2.05) is 0 Å². The van der Waals surface area contributed by atoms with Crippen molar-refractivity contribution in [3.8, 4) is 16.9 Å². The van der Waals surface area contributed by atoms with Crippen molar-refractivity contribution in [1.82, 2.24) is 9.55 Å². The van der Waals surface area contributed by atoms with Crippen LogP contribution in [0.25, 0.3) is 38.8 Å². The molecule has 0 aliphatic carbocycles. The Hall–Kier alpha value is -4.98. The fourth-order valence-electron chi connectivity index (χ4n) is 6.93. The molecule has 0 unspecified atom stereocenters. The normalized spacial score (nSPS) is 12.4. The summed E-state index contributed by atoms with van der Waals surface area (Å²) < 4.78 is 2.43. The molecule has 3 nitrogen and oxygen atoms in total. The quantitative estimate of drug-likeness (QED) is 0.135. The van der Waals surface area contributed by atoms with Gasteiger partial charge in [0.15, 0.2) is 0 Å². The van der Waals surface area contributed by atoms with Crippen LogP contribution in [0.15, 0.2) is 170 Å². The molecule has 0 amide bonds. The van der Waals surface area contributed by atoms with Crippen molar-refractivity contribution >= 4 is 75.4 Å². The summed E-state index contributed by atoms with van der Waals surface area (Å²) in [5.41, 5.74) is 7.11. The molecule has 0 N–H and O–H groups in total. The van der Waals surface area contributed by atoms with Gasteiger partial charge in [-0.25, -0.2) is 0 Å². The summed E-state index contributed by atoms with van der Waals surface area (Å²) in [6.07, 6.45) is 2.08. The molecule has 0 saturated carbocycles. The monoisotopic (exact) mass is 673 g/mol. The Kier molecular flexibility index (Phi) is 6.43. The van der Waals surface area contributed by atoms with Crippen LogP contribution in [0.1, 0.15) is 0 Å². The number of hydrogen-bond donors (Lipinski definition) is 0. The molecule has 0 spiro atoms. The molecule has 0 radical (unpaired) electrons. The van der Waals surface area contributed by atoms with Gasteiger partial charge in [-0.3, -0.25) is 0 Å². The van der Waals surface area contributed by atoms with E-state index in [4.69, 9.17) is 4.98 Å². The van der Waals surface area contributed by atoms with Gasteiger partial charge in [0.25, 0.3) is 0 Å². The number of fused-ring (bicyclic) bond motifs is 5.